The van der Waals surface area contributed by atoms with Crippen LogP contribution in [0.25, 0.3) is 11.0 Å². The predicted molar refractivity (Wildman–Crippen MR) is 66.1 cm³/mol. The van der Waals surface area contributed by atoms with Gasteiger partial charge in [-0.2, -0.15) is 0 Å². The summed E-state index contributed by atoms with van der Waals surface area (Å²) in [5.41, 5.74) is 2.03. The van der Waals surface area contributed by atoms with Gasteiger partial charge in [-0.1, -0.05) is 17.7 Å². The molecule has 0 saturated heterocycles. The molecule has 0 unspecified atom stereocenters. The van der Waals surface area contributed by atoms with Gasteiger partial charge in [0.05, 0.1) is 0 Å². The number of fused-ring (bicyclic) bond motifs is 1. The molecule has 0 saturated carbocycles. The van der Waals surface area contributed by atoms with Crippen LogP contribution >= 0.6 is 11.6 Å². The fraction of sp³-hybridized carbons (Fsp3) is 0.154. The Hall–Kier alpha value is -1.54. The van der Waals surface area contributed by atoms with Gasteiger partial charge in [0.15, 0.2) is 0 Å². The molecule has 0 amide bonds. The summed E-state index contributed by atoms with van der Waals surface area (Å²) >= 11 is 6.02. The molecule has 3 heteroatoms. The SMILES string of the molecule is C=CCc1cc(Cl)cc2c(C)cc(=O)oc12. The minimum Gasteiger partial charge on any atom is -0.422 e. The molecule has 0 spiro atoms. The average Bonchev–Trinajstić information content (AvgIpc) is 2.20. The molecule has 16 heavy (non-hydrogen) atoms. The second kappa shape index (κ2) is 4.14. The van der Waals surface area contributed by atoms with Crippen LogP contribution in [0.4, 0.5) is 0 Å². The maximum Gasteiger partial charge on any atom is 0.336 e. The third kappa shape index (κ3) is 1.89. The highest BCUT2D eigenvalue weighted by molar-refractivity contribution is 6.31. The van der Waals surface area contributed by atoms with E-state index in [4.69, 9.17) is 16.0 Å². The van der Waals surface area contributed by atoms with Crippen molar-refractivity contribution in [3.8, 4) is 0 Å². The number of aryl methyl sites for hydroxylation is 1. The zero-order valence-electron chi connectivity index (χ0n) is 8.92. The summed E-state index contributed by atoms with van der Waals surface area (Å²) in [7, 11) is 0. The van der Waals surface area contributed by atoms with Crippen LogP contribution in [0, 0.1) is 6.92 Å². The second-order valence-corrected chi connectivity index (χ2v) is 4.12. The third-order valence-corrected chi connectivity index (χ3v) is 2.67. The Morgan fingerprint density at radius 1 is 1.44 bits per heavy atom. The number of hydrogen-bond acceptors (Lipinski definition) is 2. The predicted octanol–water partition coefficient (Wildman–Crippen LogP) is 3.48. The first-order valence-corrected chi connectivity index (χ1v) is 5.33. The van der Waals surface area contributed by atoms with E-state index in [-0.39, 0.29) is 5.63 Å². The minimum atomic E-state index is -0.336. The Labute approximate surface area is 98.2 Å². The molecule has 2 rings (SSSR count). The summed E-state index contributed by atoms with van der Waals surface area (Å²) in [5, 5.41) is 1.52. The summed E-state index contributed by atoms with van der Waals surface area (Å²) < 4.78 is 5.22. The van der Waals surface area contributed by atoms with Gasteiger partial charge in [-0.05, 0) is 31.0 Å². The lowest BCUT2D eigenvalue weighted by Crippen LogP contribution is -1.99. The van der Waals surface area contributed by atoms with Crippen LogP contribution in [0.2, 0.25) is 5.02 Å². The van der Waals surface area contributed by atoms with Gasteiger partial charge in [-0.3, -0.25) is 0 Å². The zero-order valence-corrected chi connectivity index (χ0v) is 9.67. The number of halogens is 1. The fourth-order valence-corrected chi connectivity index (χ4v) is 2.00. The topological polar surface area (TPSA) is 30.2 Å². The molecule has 2 nitrogen and oxygen atoms in total. The highest BCUT2D eigenvalue weighted by atomic mass is 35.5. The first-order valence-electron chi connectivity index (χ1n) is 4.95. The van der Waals surface area contributed by atoms with Gasteiger partial charge in [0.25, 0.3) is 0 Å². The molecule has 1 aromatic carbocycles. The van der Waals surface area contributed by atoms with Crippen molar-refractivity contribution in [1.29, 1.82) is 0 Å². The highest BCUT2D eigenvalue weighted by Gasteiger charge is 2.08. The van der Waals surface area contributed by atoms with Gasteiger partial charge in [0.2, 0.25) is 0 Å². The summed E-state index contributed by atoms with van der Waals surface area (Å²) in [5.74, 6) is 0. The van der Waals surface area contributed by atoms with Gasteiger partial charge in [0.1, 0.15) is 5.58 Å². The summed E-state index contributed by atoms with van der Waals surface area (Å²) in [6, 6.07) is 5.08. The van der Waals surface area contributed by atoms with E-state index in [2.05, 4.69) is 6.58 Å². The van der Waals surface area contributed by atoms with E-state index in [1.807, 2.05) is 13.0 Å². The van der Waals surface area contributed by atoms with E-state index in [9.17, 15) is 4.79 Å². The van der Waals surface area contributed by atoms with Gasteiger partial charge in [0, 0.05) is 22.0 Å². The lowest BCUT2D eigenvalue weighted by molar-refractivity contribution is 0.557. The van der Waals surface area contributed by atoms with Gasteiger partial charge >= 0.3 is 5.63 Å². The van der Waals surface area contributed by atoms with E-state index in [0.29, 0.717) is 17.0 Å². The highest BCUT2D eigenvalue weighted by Crippen LogP contribution is 2.25. The standard InChI is InChI=1S/C13H11ClO2/c1-3-4-9-6-10(14)7-11-8(2)5-12(15)16-13(9)11/h3,5-7H,1,4H2,2H3. The minimum absolute atomic E-state index is 0.336. The van der Waals surface area contributed by atoms with Crippen molar-refractivity contribution in [2.75, 3.05) is 0 Å². The monoisotopic (exact) mass is 234 g/mol. The molecule has 0 bridgehead atoms. The molecule has 0 atom stereocenters. The second-order valence-electron chi connectivity index (χ2n) is 3.68. The number of benzene rings is 1. The van der Waals surface area contributed by atoms with Crippen molar-refractivity contribution < 1.29 is 4.42 Å². The lowest BCUT2D eigenvalue weighted by atomic mass is 10.1. The summed E-state index contributed by atoms with van der Waals surface area (Å²) in [4.78, 5) is 11.3. The van der Waals surface area contributed by atoms with Crippen LogP contribution in [0.15, 0.2) is 40.1 Å². The van der Waals surface area contributed by atoms with E-state index in [1.54, 1.807) is 12.1 Å². The van der Waals surface area contributed by atoms with Crippen molar-refractivity contribution in [2.45, 2.75) is 13.3 Å². The maximum atomic E-state index is 11.3. The summed E-state index contributed by atoms with van der Waals surface area (Å²) in [6.07, 6.45) is 2.39. The first kappa shape index (κ1) is 11.0. The smallest absolute Gasteiger partial charge is 0.336 e. The number of hydrogen-bond donors (Lipinski definition) is 0. The molecule has 2 aromatic rings. The molecule has 0 radical (unpaired) electrons. The van der Waals surface area contributed by atoms with E-state index >= 15 is 0 Å². The lowest BCUT2D eigenvalue weighted by Gasteiger charge is -2.06. The van der Waals surface area contributed by atoms with Crippen molar-refractivity contribution >= 4 is 22.6 Å². The Balaban J connectivity index is 2.89. The molecule has 1 aromatic heterocycles. The van der Waals surface area contributed by atoms with E-state index in [0.717, 1.165) is 16.5 Å². The fourth-order valence-electron chi connectivity index (χ4n) is 1.76. The van der Waals surface area contributed by atoms with Crippen LogP contribution < -0.4 is 5.63 Å². The Morgan fingerprint density at radius 3 is 2.88 bits per heavy atom. The number of allylic oxidation sites excluding steroid dienone is 1. The molecular formula is C13H11ClO2. The third-order valence-electron chi connectivity index (χ3n) is 2.46. The normalized spacial score (nSPS) is 10.6. The molecule has 0 N–H and O–H groups in total. The van der Waals surface area contributed by atoms with Crippen LogP contribution in [-0.4, -0.2) is 0 Å². The quantitative estimate of drug-likeness (QED) is 0.588. The molecule has 0 fully saturated rings. The summed E-state index contributed by atoms with van der Waals surface area (Å²) in [6.45, 7) is 5.54. The van der Waals surface area contributed by atoms with Crippen LogP contribution in [0.5, 0.6) is 0 Å². The van der Waals surface area contributed by atoms with Gasteiger partial charge < -0.3 is 4.42 Å². The van der Waals surface area contributed by atoms with Crippen LogP contribution in [-0.2, 0) is 6.42 Å². The zero-order chi connectivity index (χ0) is 11.7. The molecular weight excluding hydrogens is 224 g/mol. The van der Waals surface area contributed by atoms with E-state index in [1.165, 1.54) is 6.07 Å². The van der Waals surface area contributed by atoms with Crippen LogP contribution in [0.3, 0.4) is 0 Å². The van der Waals surface area contributed by atoms with Gasteiger partial charge in [-0.25, -0.2) is 4.79 Å². The van der Waals surface area contributed by atoms with E-state index < -0.39 is 0 Å². The van der Waals surface area contributed by atoms with Gasteiger partial charge in [-0.15, -0.1) is 6.58 Å². The number of rotatable bonds is 2. The molecule has 1 heterocycles. The largest absolute Gasteiger partial charge is 0.422 e. The molecule has 82 valence electrons. The Morgan fingerprint density at radius 2 is 2.19 bits per heavy atom. The molecule has 0 aliphatic heterocycles. The van der Waals surface area contributed by atoms with Crippen molar-refractivity contribution in [3.05, 3.63) is 57.4 Å². The van der Waals surface area contributed by atoms with Crippen molar-refractivity contribution in [1.82, 2.24) is 0 Å². The molecule has 0 aliphatic rings. The first-order chi connectivity index (χ1) is 7.61. The Bertz CT molecular complexity index is 611. The average molecular weight is 235 g/mol. The van der Waals surface area contributed by atoms with Crippen LogP contribution in [0.1, 0.15) is 11.1 Å². The van der Waals surface area contributed by atoms with Crippen molar-refractivity contribution in [3.63, 3.8) is 0 Å². The molecule has 0 aliphatic carbocycles. The van der Waals surface area contributed by atoms with Crippen molar-refractivity contribution in [2.24, 2.45) is 0 Å². The Kier molecular flexibility index (Phi) is 2.84. The maximum absolute atomic E-state index is 11.3.